The van der Waals surface area contributed by atoms with Gasteiger partial charge in [0.25, 0.3) is 0 Å². The van der Waals surface area contributed by atoms with Gasteiger partial charge in [0.1, 0.15) is 5.82 Å². The van der Waals surface area contributed by atoms with Crippen LogP contribution in [-0.2, 0) is 16.0 Å². The molecular weight excluding hydrogens is 319 g/mol. The Morgan fingerprint density at radius 1 is 0.880 bits per heavy atom. The van der Waals surface area contributed by atoms with Gasteiger partial charge in [0.15, 0.2) is 0 Å². The van der Waals surface area contributed by atoms with Crippen molar-refractivity contribution in [1.29, 1.82) is 0 Å². The highest BCUT2D eigenvalue weighted by atomic mass is 19.1. The van der Waals surface area contributed by atoms with Crippen LogP contribution in [0, 0.1) is 11.7 Å². The van der Waals surface area contributed by atoms with E-state index in [0.717, 1.165) is 44.3 Å². The minimum Gasteiger partial charge on any atom is -0.342 e. The van der Waals surface area contributed by atoms with Crippen molar-refractivity contribution in [2.45, 2.75) is 44.9 Å². The Kier molecular flexibility index (Phi) is 6.05. The van der Waals surface area contributed by atoms with Crippen molar-refractivity contribution >= 4 is 11.8 Å². The van der Waals surface area contributed by atoms with Gasteiger partial charge in [0, 0.05) is 32.1 Å². The SMILES string of the molecule is O=C(Cc1ccc(F)cc1)N1CCC(C(=O)N2CCCCCC2)CC1. The maximum atomic E-state index is 12.9. The molecular formula is C20H27FN2O2. The standard InChI is InChI=1S/C20H27FN2O2/c21-18-7-5-16(6-8-18)15-19(24)22-13-9-17(10-14-22)20(25)23-11-3-1-2-4-12-23/h5-8,17H,1-4,9-15H2. The molecule has 0 bridgehead atoms. The number of carbonyl (C=O) groups excluding carboxylic acids is 2. The Balaban J connectivity index is 1.48. The summed E-state index contributed by atoms with van der Waals surface area (Å²) >= 11 is 0. The van der Waals surface area contributed by atoms with Crippen LogP contribution in [0.25, 0.3) is 0 Å². The Morgan fingerprint density at radius 3 is 2.08 bits per heavy atom. The number of halogens is 1. The molecule has 2 aliphatic heterocycles. The second-order valence-corrected chi connectivity index (χ2v) is 7.20. The topological polar surface area (TPSA) is 40.6 Å². The van der Waals surface area contributed by atoms with E-state index in [9.17, 15) is 14.0 Å². The highest BCUT2D eigenvalue weighted by Crippen LogP contribution is 2.22. The number of likely N-dealkylation sites (tertiary alicyclic amines) is 2. The molecule has 1 aromatic carbocycles. The first kappa shape index (κ1) is 17.9. The van der Waals surface area contributed by atoms with Gasteiger partial charge in [-0.15, -0.1) is 0 Å². The van der Waals surface area contributed by atoms with Crippen LogP contribution in [0.1, 0.15) is 44.1 Å². The molecule has 0 spiro atoms. The van der Waals surface area contributed by atoms with Gasteiger partial charge in [-0.3, -0.25) is 9.59 Å². The number of carbonyl (C=O) groups is 2. The average Bonchev–Trinajstić information content (AvgIpc) is 2.92. The molecule has 2 fully saturated rings. The lowest BCUT2D eigenvalue weighted by Crippen LogP contribution is -2.45. The molecule has 0 radical (unpaired) electrons. The molecule has 2 heterocycles. The monoisotopic (exact) mass is 346 g/mol. The number of amides is 2. The van der Waals surface area contributed by atoms with Crippen LogP contribution in [0.4, 0.5) is 4.39 Å². The number of benzene rings is 1. The van der Waals surface area contributed by atoms with Gasteiger partial charge in [0.2, 0.25) is 11.8 Å². The molecule has 0 N–H and O–H groups in total. The van der Waals surface area contributed by atoms with Gasteiger partial charge in [-0.1, -0.05) is 25.0 Å². The molecule has 0 saturated carbocycles. The minimum atomic E-state index is -0.288. The molecule has 0 unspecified atom stereocenters. The molecule has 2 saturated heterocycles. The Labute approximate surface area is 149 Å². The average molecular weight is 346 g/mol. The maximum Gasteiger partial charge on any atom is 0.226 e. The molecule has 136 valence electrons. The molecule has 4 nitrogen and oxygen atoms in total. The highest BCUT2D eigenvalue weighted by molar-refractivity contribution is 5.81. The third-order valence-corrected chi connectivity index (χ3v) is 5.38. The summed E-state index contributed by atoms with van der Waals surface area (Å²) in [6.07, 6.45) is 6.47. The Bertz CT molecular complexity index is 586. The lowest BCUT2D eigenvalue weighted by atomic mass is 9.94. The zero-order chi connectivity index (χ0) is 17.6. The van der Waals surface area contributed by atoms with E-state index in [1.54, 1.807) is 12.1 Å². The minimum absolute atomic E-state index is 0.0623. The van der Waals surface area contributed by atoms with E-state index < -0.39 is 0 Å². The van der Waals surface area contributed by atoms with Crippen LogP contribution in [0.5, 0.6) is 0 Å². The molecule has 2 aliphatic rings. The van der Waals surface area contributed by atoms with Crippen LogP contribution in [-0.4, -0.2) is 47.8 Å². The van der Waals surface area contributed by atoms with Crippen LogP contribution in [0.15, 0.2) is 24.3 Å². The number of nitrogens with zero attached hydrogens (tertiary/aromatic N) is 2. The zero-order valence-corrected chi connectivity index (χ0v) is 14.8. The van der Waals surface area contributed by atoms with Gasteiger partial charge in [0.05, 0.1) is 6.42 Å². The van der Waals surface area contributed by atoms with Crippen LogP contribution in [0.3, 0.4) is 0 Å². The van der Waals surface area contributed by atoms with Crippen molar-refractivity contribution in [3.05, 3.63) is 35.6 Å². The summed E-state index contributed by atoms with van der Waals surface area (Å²) in [6, 6.07) is 6.08. The van der Waals surface area contributed by atoms with E-state index in [2.05, 4.69) is 0 Å². The van der Waals surface area contributed by atoms with Crippen molar-refractivity contribution < 1.29 is 14.0 Å². The van der Waals surface area contributed by atoms with E-state index in [1.807, 2.05) is 9.80 Å². The predicted octanol–water partition coefficient (Wildman–Crippen LogP) is 3.01. The summed E-state index contributed by atoms with van der Waals surface area (Å²) in [5.41, 5.74) is 0.828. The number of rotatable bonds is 3. The Hall–Kier alpha value is -1.91. The van der Waals surface area contributed by atoms with Crippen LogP contribution in [0.2, 0.25) is 0 Å². The number of piperidine rings is 1. The van der Waals surface area contributed by atoms with E-state index >= 15 is 0 Å². The number of hydrogen-bond acceptors (Lipinski definition) is 2. The van der Waals surface area contributed by atoms with Gasteiger partial charge >= 0.3 is 0 Å². The van der Waals surface area contributed by atoms with E-state index in [0.29, 0.717) is 19.5 Å². The summed E-state index contributed by atoms with van der Waals surface area (Å²) in [6.45, 7) is 3.07. The van der Waals surface area contributed by atoms with Crippen molar-refractivity contribution in [1.82, 2.24) is 9.80 Å². The second kappa shape index (κ2) is 8.45. The fraction of sp³-hybridized carbons (Fsp3) is 0.600. The first-order chi connectivity index (χ1) is 12.1. The molecule has 0 aliphatic carbocycles. The molecule has 5 heteroatoms. The molecule has 0 aromatic heterocycles. The summed E-state index contributed by atoms with van der Waals surface area (Å²) in [5, 5.41) is 0. The van der Waals surface area contributed by atoms with Crippen LogP contribution >= 0.6 is 0 Å². The Morgan fingerprint density at radius 2 is 1.48 bits per heavy atom. The third kappa shape index (κ3) is 4.80. The zero-order valence-electron chi connectivity index (χ0n) is 14.8. The fourth-order valence-electron chi connectivity index (χ4n) is 3.81. The quantitative estimate of drug-likeness (QED) is 0.844. The van der Waals surface area contributed by atoms with Gasteiger partial charge in [-0.2, -0.15) is 0 Å². The van der Waals surface area contributed by atoms with E-state index in [1.165, 1.54) is 25.0 Å². The van der Waals surface area contributed by atoms with Crippen LogP contribution < -0.4 is 0 Å². The molecule has 0 atom stereocenters. The van der Waals surface area contributed by atoms with Crippen molar-refractivity contribution in [2.75, 3.05) is 26.2 Å². The molecule has 2 amide bonds. The lowest BCUT2D eigenvalue weighted by Gasteiger charge is -2.34. The fourth-order valence-corrected chi connectivity index (χ4v) is 3.81. The van der Waals surface area contributed by atoms with Gasteiger partial charge in [-0.05, 0) is 43.4 Å². The normalized spacial score (nSPS) is 19.6. The van der Waals surface area contributed by atoms with Crippen molar-refractivity contribution in [3.8, 4) is 0 Å². The number of hydrogen-bond donors (Lipinski definition) is 0. The lowest BCUT2D eigenvalue weighted by molar-refractivity contribution is -0.140. The highest BCUT2D eigenvalue weighted by Gasteiger charge is 2.30. The first-order valence-corrected chi connectivity index (χ1v) is 9.44. The summed E-state index contributed by atoms with van der Waals surface area (Å²) in [7, 11) is 0. The van der Waals surface area contributed by atoms with Crippen molar-refractivity contribution in [3.63, 3.8) is 0 Å². The smallest absolute Gasteiger partial charge is 0.226 e. The summed E-state index contributed by atoms with van der Waals surface area (Å²) in [5.74, 6) is 0.122. The van der Waals surface area contributed by atoms with Gasteiger partial charge in [-0.25, -0.2) is 4.39 Å². The summed E-state index contributed by atoms with van der Waals surface area (Å²) in [4.78, 5) is 29.0. The summed E-state index contributed by atoms with van der Waals surface area (Å²) < 4.78 is 12.9. The second-order valence-electron chi connectivity index (χ2n) is 7.20. The molecule has 1 aromatic rings. The largest absolute Gasteiger partial charge is 0.342 e. The predicted molar refractivity (Wildman–Crippen MR) is 94.5 cm³/mol. The van der Waals surface area contributed by atoms with Gasteiger partial charge < -0.3 is 9.80 Å². The van der Waals surface area contributed by atoms with E-state index in [-0.39, 0.29) is 23.5 Å². The third-order valence-electron chi connectivity index (χ3n) is 5.38. The molecule has 3 rings (SSSR count). The maximum absolute atomic E-state index is 12.9. The first-order valence-electron chi connectivity index (χ1n) is 9.44. The van der Waals surface area contributed by atoms with Crippen molar-refractivity contribution in [2.24, 2.45) is 5.92 Å². The molecule has 25 heavy (non-hydrogen) atoms. The van der Waals surface area contributed by atoms with E-state index in [4.69, 9.17) is 0 Å².